The van der Waals surface area contributed by atoms with E-state index in [1.807, 2.05) is 0 Å². The van der Waals surface area contributed by atoms with E-state index in [-0.39, 0.29) is 0 Å². The molecule has 0 aromatic carbocycles. The molecule has 60 valence electrons. The van der Waals surface area contributed by atoms with E-state index in [1.54, 1.807) is 0 Å². The van der Waals surface area contributed by atoms with Crippen LogP contribution in [0.4, 0.5) is 0 Å². The zero-order valence-corrected chi connectivity index (χ0v) is 7.10. The summed E-state index contributed by atoms with van der Waals surface area (Å²) in [4.78, 5) is 0. The Morgan fingerprint density at radius 3 is 2.90 bits per heavy atom. The van der Waals surface area contributed by atoms with Crippen molar-refractivity contribution in [1.82, 2.24) is 0 Å². The Bertz CT molecular complexity index is 88.7. The predicted octanol–water partition coefficient (Wildman–Crippen LogP) is 2.46. The average Bonchev–Trinajstić information content (AvgIpc) is 1.94. The normalized spacial score (nSPS) is 34.2. The Labute approximate surface area is 63.8 Å². The summed E-state index contributed by atoms with van der Waals surface area (Å²) in [6, 6.07) is 0. The van der Waals surface area contributed by atoms with E-state index < -0.39 is 0 Å². The van der Waals surface area contributed by atoms with E-state index in [2.05, 4.69) is 13.8 Å². The topological polar surface area (TPSA) is 9.23 Å². The molecule has 1 nitrogen and oxygen atoms in total. The van der Waals surface area contributed by atoms with Crippen LogP contribution in [-0.2, 0) is 4.74 Å². The molecule has 0 radical (unpaired) electrons. The lowest BCUT2D eigenvalue weighted by Crippen LogP contribution is -2.25. The van der Waals surface area contributed by atoms with Crippen LogP contribution in [0.15, 0.2) is 0 Å². The van der Waals surface area contributed by atoms with Crippen molar-refractivity contribution in [2.24, 2.45) is 11.8 Å². The first-order valence-corrected chi connectivity index (χ1v) is 4.42. The standard InChI is InChI=1S/C9H18O/c1-3-4-9-7-10-6-5-8(9)2/h8-9H,3-7H2,1-2H3. The lowest BCUT2D eigenvalue weighted by molar-refractivity contribution is 0.0191. The molecule has 1 aliphatic heterocycles. The SMILES string of the molecule is CCCC1COCCC1C. The van der Waals surface area contributed by atoms with Gasteiger partial charge in [0.05, 0.1) is 0 Å². The van der Waals surface area contributed by atoms with Gasteiger partial charge in [0.2, 0.25) is 0 Å². The van der Waals surface area contributed by atoms with Crippen LogP contribution in [0.3, 0.4) is 0 Å². The molecule has 0 bridgehead atoms. The molecule has 1 aliphatic rings. The average molecular weight is 142 g/mol. The van der Waals surface area contributed by atoms with Crippen LogP contribution in [0.5, 0.6) is 0 Å². The van der Waals surface area contributed by atoms with Crippen molar-refractivity contribution in [3.8, 4) is 0 Å². The summed E-state index contributed by atoms with van der Waals surface area (Å²) in [5.74, 6) is 1.74. The summed E-state index contributed by atoms with van der Waals surface area (Å²) < 4.78 is 5.41. The smallest absolute Gasteiger partial charge is 0.0496 e. The van der Waals surface area contributed by atoms with Crippen molar-refractivity contribution in [2.75, 3.05) is 13.2 Å². The van der Waals surface area contributed by atoms with Crippen LogP contribution in [0.2, 0.25) is 0 Å². The second-order valence-corrected chi connectivity index (χ2v) is 3.39. The lowest BCUT2D eigenvalue weighted by atomic mass is 9.87. The highest BCUT2D eigenvalue weighted by Crippen LogP contribution is 2.24. The van der Waals surface area contributed by atoms with Crippen LogP contribution >= 0.6 is 0 Å². The monoisotopic (exact) mass is 142 g/mol. The number of hydrogen-bond acceptors (Lipinski definition) is 1. The fourth-order valence-corrected chi connectivity index (χ4v) is 1.64. The van der Waals surface area contributed by atoms with Crippen molar-refractivity contribution >= 4 is 0 Å². The van der Waals surface area contributed by atoms with Crippen LogP contribution in [0.25, 0.3) is 0 Å². The molecule has 0 spiro atoms. The fourth-order valence-electron chi connectivity index (χ4n) is 1.64. The predicted molar refractivity (Wildman–Crippen MR) is 43.0 cm³/mol. The van der Waals surface area contributed by atoms with Gasteiger partial charge in [-0.2, -0.15) is 0 Å². The zero-order chi connectivity index (χ0) is 7.40. The van der Waals surface area contributed by atoms with E-state index >= 15 is 0 Å². The van der Waals surface area contributed by atoms with Gasteiger partial charge in [-0.25, -0.2) is 0 Å². The molecule has 0 N–H and O–H groups in total. The van der Waals surface area contributed by atoms with Gasteiger partial charge in [0.15, 0.2) is 0 Å². The highest BCUT2D eigenvalue weighted by molar-refractivity contribution is 4.69. The minimum atomic E-state index is 0.846. The largest absolute Gasteiger partial charge is 0.381 e. The van der Waals surface area contributed by atoms with Crippen molar-refractivity contribution in [3.05, 3.63) is 0 Å². The summed E-state index contributed by atoms with van der Waals surface area (Å²) in [6.45, 7) is 6.60. The highest BCUT2D eigenvalue weighted by Gasteiger charge is 2.20. The van der Waals surface area contributed by atoms with Crippen LogP contribution in [-0.4, -0.2) is 13.2 Å². The molecule has 2 atom stereocenters. The fraction of sp³-hybridized carbons (Fsp3) is 1.00. The van der Waals surface area contributed by atoms with Gasteiger partial charge in [0.1, 0.15) is 0 Å². The molecule has 10 heavy (non-hydrogen) atoms. The second kappa shape index (κ2) is 3.97. The van der Waals surface area contributed by atoms with Crippen molar-refractivity contribution < 1.29 is 4.74 Å². The molecule has 0 amide bonds. The Kier molecular flexibility index (Phi) is 3.20. The van der Waals surface area contributed by atoms with Crippen LogP contribution in [0, 0.1) is 11.8 Å². The van der Waals surface area contributed by atoms with Crippen molar-refractivity contribution in [2.45, 2.75) is 33.1 Å². The van der Waals surface area contributed by atoms with Crippen LogP contribution in [0.1, 0.15) is 33.1 Å². The van der Waals surface area contributed by atoms with Gasteiger partial charge < -0.3 is 4.74 Å². The van der Waals surface area contributed by atoms with Gasteiger partial charge in [-0.1, -0.05) is 20.3 Å². The number of rotatable bonds is 2. The molecule has 1 heterocycles. The summed E-state index contributed by atoms with van der Waals surface area (Å²) in [7, 11) is 0. The molecular formula is C9H18O. The highest BCUT2D eigenvalue weighted by atomic mass is 16.5. The Hall–Kier alpha value is -0.0400. The molecular weight excluding hydrogens is 124 g/mol. The summed E-state index contributed by atoms with van der Waals surface area (Å²) in [5.41, 5.74) is 0. The maximum absolute atomic E-state index is 5.41. The van der Waals surface area contributed by atoms with E-state index in [4.69, 9.17) is 4.74 Å². The maximum atomic E-state index is 5.41. The number of ether oxygens (including phenoxy) is 1. The molecule has 1 saturated heterocycles. The van der Waals surface area contributed by atoms with Gasteiger partial charge >= 0.3 is 0 Å². The summed E-state index contributed by atoms with van der Waals surface area (Å²) in [5, 5.41) is 0. The van der Waals surface area contributed by atoms with Gasteiger partial charge in [-0.05, 0) is 24.7 Å². The zero-order valence-electron chi connectivity index (χ0n) is 7.10. The first-order valence-electron chi connectivity index (χ1n) is 4.42. The van der Waals surface area contributed by atoms with E-state index in [0.717, 1.165) is 25.0 Å². The van der Waals surface area contributed by atoms with Gasteiger partial charge in [-0.3, -0.25) is 0 Å². The molecule has 0 saturated carbocycles. The van der Waals surface area contributed by atoms with Crippen molar-refractivity contribution in [1.29, 1.82) is 0 Å². The van der Waals surface area contributed by atoms with Gasteiger partial charge in [0, 0.05) is 13.2 Å². The van der Waals surface area contributed by atoms with Crippen LogP contribution < -0.4 is 0 Å². The Balaban J connectivity index is 2.25. The first-order chi connectivity index (χ1) is 4.84. The van der Waals surface area contributed by atoms with E-state index in [1.165, 1.54) is 19.3 Å². The molecule has 1 fully saturated rings. The third kappa shape index (κ3) is 1.98. The Morgan fingerprint density at radius 2 is 2.30 bits per heavy atom. The number of hydrogen-bond donors (Lipinski definition) is 0. The molecule has 2 unspecified atom stereocenters. The third-order valence-corrected chi connectivity index (χ3v) is 2.51. The first kappa shape index (κ1) is 8.06. The molecule has 0 aromatic rings. The second-order valence-electron chi connectivity index (χ2n) is 3.39. The maximum Gasteiger partial charge on any atom is 0.0496 e. The minimum Gasteiger partial charge on any atom is -0.381 e. The molecule has 1 rings (SSSR count). The summed E-state index contributed by atoms with van der Waals surface area (Å²) >= 11 is 0. The third-order valence-electron chi connectivity index (χ3n) is 2.51. The van der Waals surface area contributed by atoms with Gasteiger partial charge in [0.25, 0.3) is 0 Å². The van der Waals surface area contributed by atoms with E-state index in [0.29, 0.717) is 0 Å². The van der Waals surface area contributed by atoms with E-state index in [9.17, 15) is 0 Å². The van der Waals surface area contributed by atoms with Gasteiger partial charge in [-0.15, -0.1) is 0 Å². The minimum absolute atomic E-state index is 0.846. The molecule has 0 aromatic heterocycles. The van der Waals surface area contributed by atoms with Crippen molar-refractivity contribution in [3.63, 3.8) is 0 Å². The molecule has 0 aliphatic carbocycles. The lowest BCUT2D eigenvalue weighted by Gasteiger charge is -2.28. The molecule has 1 heteroatoms. The Morgan fingerprint density at radius 1 is 1.50 bits per heavy atom. The summed E-state index contributed by atoms with van der Waals surface area (Å²) in [6.07, 6.45) is 3.92. The quantitative estimate of drug-likeness (QED) is 0.575.